The van der Waals surface area contributed by atoms with Gasteiger partial charge in [0, 0.05) is 6.42 Å². The molecule has 10 atom stereocenters. The van der Waals surface area contributed by atoms with Crippen LogP contribution in [0.1, 0.15) is 90.0 Å². The molecular weight excluding hydrogens is 481 g/mol. The summed E-state index contributed by atoms with van der Waals surface area (Å²) in [6.45, 7) is 8.90. The number of aromatic nitrogens is 1. The normalized spacial score (nSPS) is 41.4. The molecule has 4 fully saturated rings. The molecule has 4 saturated carbocycles. The predicted molar refractivity (Wildman–Crippen MR) is 145 cm³/mol. The summed E-state index contributed by atoms with van der Waals surface area (Å²) in [5.41, 5.74) is 0.591. The molecule has 1 heterocycles. The Morgan fingerprint density at radius 3 is 2.61 bits per heavy atom. The summed E-state index contributed by atoms with van der Waals surface area (Å²) in [6, 6.07) is 3.36. The van der Waals surface area contributed by atoms with Crippen molar-refractivity contribution in [2.45, 2.75) is 104 Å². The van der Waals surface area contributed by atoms with Gasteiger partial charge in [0.05, 0.1) is 17.7 Å². The molecule has 6 rings (SSSR count). The number of hydrogen-bond acceptors (Lipinski definition) is 5. The van der Waals surface area contributed by atoms with Gasteiger partial charge in [-0.05, 0) is 123 Å². The fourth-order valence-corrected chi connectivity index (χ4v) is 10.1. The molecule has 0 radical (unpaired) electrons. The molecule has 1 aromatic carbocycles. The van der Waals surface area contributed by atoms with E-state index in [1.807, 2.05) is 0 Å². The molecule has 6 heteroatoms. The summed E-state index contributed by atoms with van der Waals surface area (Å²) < 4.78 is 19.9. The van der Waals surface area contributed by atoms with E-state index in [0.717, 1.165) is 32.1 Å². The van der Waals surface area contributed by atoms with Crippen molar-refractivity contribution in [2.24, 2.45) is 46.3 Å². The van der Waals surface area contributed by atoms with E-state index < -0.39 is 11.4 Å². The van der Waals surface area contributed by atoms with Crippen LogP contribution in [-0.4, -0.2) is 27.4 Å². The van der Waals surface area contributed by atoms with E-state index in [2.05, 4.69) is 25.8 Å². The van der Waals surface area contributed by atoms with E-state index in [4.69, 9.17) is 4.42 Å². The van der Waals surface area contributed by atoms with Crippen LogP contribution in [0.3, 0.4) is 0 Å². The molecule has 38 heavy (non-hydrogen) atoms. The number of aliphatic hydroxyl groups is 2. The topological polar surface area (TPSA) is 83.6 Å². The fraction of sp³-hybridized carbons (Fsp3) is 0.750. The third-order valence-corrected chi connectivity index (χ3v) is 12.2. The van der Waals surface area contributed by atoms with Crippen molar-refractivity contribution in [2.75, 3.05) is 0 Å². The molecule has 0 saturated heterocycles. The van der Waals surface area contributed by atoms with Crippen LogP contribution in [-0.2, 0) is 6.42 Å². The van der Waals surface area contributed by atoms with E-state index in [1.165, 1.54) is 25.7 Å². The highest BCUT2D eigenvalue weighted by Crippen LogP contribution is 2.68. The van der Waals surface area contributed by atoms with Gasteiger partial charge in [0.1, 0.15) is 11.2 Å². The summed E-state index contributed by atoms with van der Waals surface area (Å²) in [4.78, 5) is 17.0. The Morgan fingerprint density at radius 1 is 1.08 bits per heavy atom. The number of fused-ring (bicyclic) bond motifs is 6. The second-order valence-corrected chi connectivity index (χ2v) is 14.0. The molecule has 4 aliphatic rings. The zero-order valence-corrected chi connectivity index (χ0v) is 23.4. The smallest absolute Gasteiger partial charge is 0.349 e. The maximum atomic E-state index is 14.5. The lowest BCUT2D eigenvalue weighted by Gasteiger charge is -2.62. The van der Waals surface area contributed by atoms with Crippen LogP contribution >= 0.6 is 0 Å². The first-order valence-corrected chi connectivity index (χ1v) is 15.0. The quantitative estimate of drug-likeness (QED) is 0.497. The van der Waals surface area contributed by atoms with Crippen molar-refractivity contribution in [1.82, 2.24) is 4.98 Å². The van der Waals surface area contributed by atoms with Gasteiger partial charge >= 0.3 is 5.63 Å². The Labute approximate surface area is 225 Å². The lowest BCUT2D eigenvalue weighted by Crippen LogP contribution is -2.58. The van der Waals surface area contributed by atoms with E-state index >= 15 is 0 Å². The average molecular weight is 526 g/mol. The minimum absolute atomic E-state index is 0.0563. The Balaban J connectivity index is 1.18. The van der Waals surface area contributed by atoms with Gasteiger partial charge in [-0.1, -0.05) is 26.8 Å². The molecular formula is C32H44FNO4. The standard InChI is InChI=1S/C32H44FNO4/c1-17(6-10-26-34-24-9-5-18(2)29(33)28(24)30(37)38-26)21-7-8-22-27-23(12-14-32(21,22)4)31(3)13-11-20(35)15-19(31)16-25(27)36/h5,9,17,19-23,25,27,35-36H,6-8,10-16H2,1-4H3/t17-,19+,20-,21-,22+,23?,25+,27+,31+,32-/m1/s1. The van der Waals surface area contributed by atoms with Crippen LogP contribution in [0.4, 0.5) is 4.39 Å². The van der Waals surface area contributed by atoms with Crippen LogP contribution in [0.25, 0.3) is 10.9 Å². The summed E-state index contributed by atoms with van der Waals surface area (Å²) in [6.07, 6.45) is 9.38. The van der Waals surface area contributed by atoms with Crippen LogP contribution in [0.5, 0.6) is 0 Å². The van der Waals surface area contributed by atoms with Crippen LogP contribution in [0.2, 0.25) is 0 Å². The number of rotatable bonds is 4. The Morgan fingerprint density at radius 2 is 1.82 bits per heavy atom. The number of hydrogen-bond donors (Lipinski definition) is 2. The van der Waals surface area contributed by atoms with Crippen molar-refractivity contribution >= 4 is 10.9 Å². The molecule has 0 aliphatic heterocycles. The van der Waals surface area contributed by atoms with Gasteiger partial charge in [0.25, 0.3) is 0 Å². The predicted octanol–water partition coefficient (Wildman–Crippen LogP) is 6.19. The molecule has 0 spiro atoms. The lowest BCUT2D eigenvalue weighted by atomic mass is 9.43. The second-order valence-electron chi connectivity index (χ2n) is 14.0. The molecule has 1 aromatic heterocycles. The highest BCUT2D eigenvalue weighted by Gasteiger charge is 2.62. The van der Waals surface area contributed by atoms with Crippen LogP contribution in [0, 0.1) is 59.1 Å². The van der Waals surface area contributed by atoms with Gasteiger partial charge in [0.2, 0.25) is 0 Å². The molecule has 2 aromatic rings. The van der Waals surface area contributed by atoms with Crippen molar-refractivity contribution in [3.8, 4) is 0 Å². The van der Waals surface area contributed by atoms with E-state index in [9.17, 15) is 19.4 Å². The highest BCUT2D eigenvalue weighted by atomic mass is 19.1. The zero-order valence-electron chi connectivity index (χ0n) is 23.4. The number of halogens is 1. The lowest BCUT2D eigenvalue weighted by molar-refractivity contribution is -0.174. The van der Waals surface area contributed by atoms with Crippen molar-refractivity contribution in [3.63, 3.8) is 0 Å². The summed E-state index contributed by atoms with van der Waals surface area (Å²) in [7, 11) is 0. The summed E-state index contributed by atoms with van der Waals surface area (Å²) in [5, 5.41) is 21.7. The van der Waals surface area contributed by atoms with E-state index in [0.29, 0.717) is 58.9 Å². The highest BCUT2D eigenvalue weighted by molar-refractivity contribution is 5.78. The minimum Gasteiger partial charge on any atom is -0.408 e. The van der Waals surface area contributed by atoms with E-state index in [-0.39, 0.29) is 28.4 Å². The molecule has 0 bridgehead atoms. The first-order valence-electron chi connectivity index (χ1n) is 15.0. The molecule has 4 aliphatic carbocycles. The van der Waals surface area contributed by atoms with E-state index in [1.54, 1.807) is 19.1 Å². The first-order chi connectivity index (χ1) is 18.0. The Hall–Kier alpha value is -1.79. The van der Waals surface area contributed by atoms with Gasteiger partial charge in [-0.15, -0.1) is 0 Å². The average Bonchev–Trinajstić information content (AvgIpc) is 3.23. The molecule has 208 valence electrons. The molecule has 1 unspecified atom stereocenters. The second kappa shape index (κ2) is 9.40. The van der Waals surface area contributed by atoms with Crippen molar-refractivity contribution < 1.29 is 19.0 Å². The van der Waals surface area contributed by atoms with Gasteiger partial charge < -0.3 is 14.6 Å². The van der Waals surface area contributed by atoms with Crippen molar-refractivity contribution in [1.29, 1.82) is 0 Å². The van der Waals surface area contributed by atoms with Crippen LogP contribution in [0.15, 0.2) is 21.3 Å². The largest absolute Gasteiger partial charge is 0.408 e. The van der Waals surface area contributed by atoms with Gasteiger partial charge in [-0.3, -0.25) is 0 Å². The number of aryl methyl sites for hydroxylation is 2. The number of nitrogens with zero attached hydrogens (tertiary/aromatic N) is 1. The summed E-state index contributed by atoms with van der Waals surface area (Å²) >= 11 is 0. The Kier molecular flexibility index (Phi) is 6.54. The monoisotopic (exact) mass is 525 g/mol. The number of benzene rings is 1. The number of aliphatic hydroxyl groups excluding tert-OH is 2. The third kappa shape index (κ3) is 3.99. The van der Waals surface area contributed by atoms with Gasteiger partial charge in [0.15, 0.2) is 5.89 Å². The maximum absolute atomic E-state index is 14.5. The molecule has 5 nitrogen and oxygen atoms in total. The fourth-order valence-electron chi connectivity index (χ4n) is 10.1. The molecule has 0 amide bonds. The van der Waals surface area contributed by atoms with Gasteiger partial charge in [-0.2, -0.15) is 0 Å². The molecule has 2 N–H and O–H groups in total. The maximum Gasteiger partial charge on any atom is 0.349 e. The zero-order chi connectivity index (χ0) is 27.0. The Bertz CT molecular complexity index is 1280. The summed E-state index contributed by atoms with van der Waals surface area (Å²) in [5.74, 6) is 2.73. The minimum atomic E-state index is -0.640. The van der Waals surface area contributed by atoms with Gasteiger partial charge in [-0.25, -0.2) is 14.2 Å². The van der Waals surface area contributed by atoms with Crippen molar-refractivity contribution in [3.05, 3.63) is 39.8 Å². The first kappa shape index (κ1) is 26.4. The third-order valence-electron chi connectivity index (χ3n) is 12.2. The van der Waals surface area contributed by atoms with Crippen LogP contribution < -0.4 is 5.63 Å². The SMILES string of the molecule is Cc1ccc2nc(CC[C@@H](C)[C@H]3CC[C@H]4[C@H]5C(CC[C@]34C)[C@@]3(C)CC[C@@H](O)C[C@H]3C[C@@H]5O)oc(=O)c2c1F.